The molecule has 2 aliphatic heterocycles. The number of benzene rings is 1. The Kier molecular flexibility index (Phi) is 9.56. The van der Waals surface area contributed by atoms with E-state index in [-0.39, 0.29) is 51.0 Å². The monoisotopic (exact) mass is 716 g/mol. The number of methoxy groups -OCH3 is 1. The quantitative estimate of drug-likeness (QED) is 0.235. The molecular weight excluding hydrogens is 683 g/mol. The van der Waals surface area contributed by atoms with E-state index in [4.69, 9.17) is 16.3 Å². The number of imidazole rings is 1. The summed E-state index contributed by atoms with van der Waals surface area (Å²) in [4.78, 5) is 53.2. The van der Waals surface area contributed by atoms with E-state index < -0.39 is 23.9 Å². The molecule has 50 heavy (non-hydrogen) atoms. The number of aromatic amines is 1. The predicted octanol–water partition coefficient (Wildman–Crippen LogP) is 3.09. The second kappa shape index (κ2) is 13.7. The number of amides is 3. The zero-order valence-electron chi connectivity index (χ0n) is 27.1. The van der Waals surface area contributed by atoms with Crippen LogP contribution in [0.3, 0.4) is 0 Å². The lowest BCUT2D eigenvalue weighted by molar-refractivity contribution is -0.891. The van der Waals surface area contributed by atoms with Crippen molar-refractivity contribution in [2.24, 2.45) is 0 Å². The Balaban J connectivity index is 1.09. The molecule has 3 N–H and O–H groups in total. The molecule has 18 heteroatoms. The number of hydrogen-bond acceptors (Lipinski definition) is 8. The van der Waals surface area contributed by atoms with Crippen LogP contribution in [-0.2, 0) is 11.0 Å². The van der Waals surface area contributed by atoms with Gasteiger partial charge in [-0.3, -0.25) is 14.4 Å². The van der Waals surface area contributed by atoms with Crippen molar-refractivity contribution >= 4 is 35.0 Å². The van der Waals surface area contributed by atoms with Crippen LogP contribution in [0.15, 0.2) is 48.9 Å². The maximum absolute atomic E-state index is 13.9. The summed E-state index contributed by atoms with van der Waals surface area (Å²) in [6.45, 7) is 2.95. The first-order valence-corrected chi connectivity index (χ1v) is 16.0. The number of anilines is 1. The van der Waals surface area contributed by atoms with Gasteiger partial charge in [-0.2, -0.15) is 18.3 Å². The predicted molar refractivity (Wildman–Crippen MR) is 174 cm³/mol. The summed E-state index contributed by atoms with van der Waals surface area (Å²) in [6.07, 6.45) is -0.988. The molecule has 0 saturated carbocycles. The van der Waals surface area contributed by atoms with Crippen LogP contribution in [0.25, 0.3) is 17.1 Å². The summed E-state index contributed by atoms with van der Waals surface area (Å²) in [6, 6.07) is 7.30. The van der Waals surface area contributed by atoms with E-state index >= 15 is 0 Å². The third-order valence-corrected chi connectivity index (χ3v) is 9.12. The number of hydrogen-bond donors (Lipinski definition) is 3. The number of rotatable bonds is 8. The van der Waals surface area contributed by atoms with Crippen molar-refractivity contribution in [2.75, 3.05) is 65.3 Å². The highest BCUT2D eigenvalue weighted by atomic mass is 35.5. The molecule has 3 aromatic heterocycles. The van der Waals surface area contributed by atoms with Crippen LogP contribution in [0.1, 0.15) is 33.1 Å². The molecule has 6 rings (SSSR count). The number of alkyl halides is 3. The Morgan fingerprint density at radius 1 is 1.10 bits per heavy atom. The number of aliphatic hydroxyl groups excluding tert-OH is 1. The molecule has 5 heterocycles. The van der Waals surface area contributed by atoms with Crippen LogP contribution >= 0.6 is 11.6 Å². The Bertz CT molecular complexity index is 1910. The Morgan fingerprint density at radius 2 is 1.84 bits per heavy atom. The third-order valence-electron chi connectivity index (χ3n) is 8.80. The molecule has 2 saturated heterocycles. The normalized spacial score (nSPS) is 19.5. The minimum absolute atomic E-state index is 0.0165. The van der Waals surface area contributed by atoms with E-state index in [1.165, 1.54) is 43.6 Å². The number of ether oxygens (including phenoxy) is 1. The van der Waals surface area contributed by atoms with Crippen molar-refractivity contribution in [3.05, 3.63) is 71.0 Å². The van der Waals surface area contributed by atoms with E-state index in [0.717, 1.165) is 23.6 Å². The number of nitrogens with zero attached hydrogens (tertiary/aromatic N) is 7. The van der Waals surface area contributed by atoms with Crippen LogP contribution in [0.5, 0.6) is 5.75 Å². The van der Waals surface area contributed by atoms with Crippen LogP contribution in [0, 0.1) is 0 Å². The smallest absolute Gasteiger partial charge is 0.435 e. The van der Waals surface area contributed by atoms with Gasteiger partial charge in [0.25, 0.3) is 17.7 Å². The number of likely N-dealkylation sites (tertiary alicyclic amines) is 1. The van der Waals surface area contributed by atoms with E-state index in [0.29, 0.717) is 55.9 Å². The Hall–Kier alpha value is -5.00. The lowest BCUT2D eigenvalue weighted by Crippen LogP contribution is -2.55. The van der Waals surface area contributed by atoms with E-state index in [9.17, 15) is 32.7 Å². The zero-order chi connectivity index (χ0) is 35.8. The number of carbonyl (C=O) groups is 3. The summed E-state index contributed by atoms with van der Waals surface area (Å²) < 4.78 is 48.3. The van der Waals surface area contributed by atoms with Gasteiger partial charge in [0.05, 0.1) is 54.9 Å². The van der Waals surface area contributed by atoms with Crippen molar-refractivity contribution in [2.45, 2.75) is 18.7 Å². The lowest BCUT2D eigenvalue weighted by Gasteiger charge is -2.37. The highest BCUT2D eigenvalue weighted by Crippen LogP contribution is 2.36. The Morgan fingerprint density at radius 3 is 2.46 bits per heavy atom. The maximum Gasteiger partial charge on any atom is 0.435 e. The molecule has 2 fully saturated rings. The third kappa shape index (κ3) is 7.44. The summed E-state index contributed by atoms with van der Waals surface area (Å²) >= 11 is 6.45. The summed E-state index contributed by atoms with van der Waals surface area (Å²) in [5.41, 5.74) is -1.22. The van der Waals surface area contributed by atoms with Gasteiger partial charge in [0.1, 0.15) is 18.4 Å². The van der Waals surface area contributed by atoms with Gasteiger partial charge in [-0.1, -0.05) is 11.6 Å². The second-order valence-electron chi connectivity index (χ2n) is 12.5. The highest BCUT2D eigenvalue weighted by Gasteiger charge is 2.39. The van der Waals surface area contributed by atoms with Crippen molar-refractivity contribution in [3.8, 4) is 22.8 Å². The number of aliphatic hydroxyl groups is 1. The molecule has 264 valence electrons. The summed E-state index contributed by atoms with van der Waals surface area (Å²) in [5, 5.41) is 16.2. The van der Waals surface area contributed by atoms with Crippen molar-refractivity contribution in [1.82, 2.24) is 34.5 Å². The molecule has 0 radical (unpaired) electrons. The van der Waals surface area contributed by atoms with Crippen LogP contribution < -0.4 is 10.1 Å². The van der Waals surface area contributed by atoms with E-state index in [1.807, 2.05) is 7.05 Å². The molecular formula is C32H34ClF3N9O5+. The minimum Gasteiger partial charge on any atom is -0.495 e. The number of aromatic nitrogens is 5. The molecule has 0 spiro atoms. The van der Waals surface area contributed by atoms with Gasteiger partial charge in [-0.15, -0.1) is 0 Å². The number of H-pyrrole nitrogens is 1. The molecule has 3 amide bonds. The fraction of sp³-hybridized carbons (Fsp3) is 0.375. The number of likely N-dealkylation sites (N-methyl/N-ethyl adjacent to an activating group) is 1. The van der Waals surface area contributed by atoms with Crippen molar-refractivity contribution in [3.63, 3.8) is 0 Å². The maximum atomic E-state index is 13.9. The van der Waals surface area contributed by atoms with Gasteiger partial charge < -0.3 is 34.4 Å². The fourth-order valence-electron chi connectivity index (χ4n) is 6.11. The molecule has 1 unspecified atom stereocenters. The molecule has 0 aliphatic carbocycles. The molecule has 2 aliphatic rings. The fourth-order valence-corrected chi connectivity index (χ4v) is 6.37. The molecule has 0 bridgehead atoms. The number of quaternary nitrogens is 1. The highest BCUT2D eigenvalue weighted by molar-refractivity contribution is 6.34. The van der Waals surface area contributed by atoms with Gasteiger partial charge in [0.2, 0.25) is 0 Å². The van der Waals surface area contributed by atoms with E-state index in [2.05, 4.69) is 25.4 Å². The van der Waals surface area contributed by atoms with Crippen LogP contribution in [0.2, 0.25) is 5.02 Å². The second-order valence-corrected chi connectivity index (χ2v) is 12.9. The molecule has 2 atom stereocenters. The van der Waals surface area contributed by atoms with Crippen molar-refractivity contribution in [1.29, 1.82) is 0 Å². The number of piperazine rings is 1. The average Bonchev–Trinajstić information content (AvgIpc) is 3.83. The minimum atomic E-state index is -4.82. The summed E-state index contributed by atoms with van der Waals surface area (Å²) in [5.74, 6) is -0.852. The number of pyridine rings is 1. The Labute approximate surface area is 289 Å². The molecule has 14 nitrogen and oxygen atoms in total. The molecule has 1 aromatic carbocycles. The van der Waals surface area contributed by atoms with Gasteiger partial charge in [-0.25, -0.2) is 14.6 Å². The van der Waals surface area contributed by atoms with Gasteiger partial charge in [0.15, 0.2) is 23.9 Å². The topological polar surface area (TPSA) is 159 Å². The first kappa shape index (κ1) is 34.8. The van der Waals surface area contributed by atoms with Crippen LogP contribution in [0.4, 0.5) is 18.9 Å². The number of carbonyl (C=O) groups excluding carboxylic acids is 3. The van der Waals surface area contributed by atoms with Crippen molar-refractivity contribution < 1.29 is 41.9 Å². The first-order chi connectivity index (χ1) is 23.7. The lowest BCUT2D eigenvalue weighted by atomic mass is 10.1. The number of halogens is 4. The average molecular weight is 717 g/mol. The van der Waals surface area contributed by atoms with Gasteiger partial charge in [0, 0.05) is 44.5 Å². The summed E-state index contributed by atoms with van der Waals surface area (Å²) in [7, 11) is 3.39. The van der Waals surface area contributed by atoms with Gasteiger partial charge >= 0.3 is 6.18 Å². The standard InChI is InChI=1S/C32H33ClF3N9O5/c1-45(12-7-20(46)17-45)18-27(47)42-8-10-43(11-9-42)31(49)22-5-3-19(13-24(22)33)39-30(48)29-38-15-25(40-29)23-16-44(41-28(23)32(34,35)36)26-6-4-21(50-2)14-37-26/h3-6,13-16,20,46H,7-12,17-18H2,1-2H3,(H-,38,39,40,48,49)/p+1/t20-,45?/m1/s1. The zero-order valence-corrected chi connectivity index (χ0v) is 27.8. The molecule has 4 aromatic rings. The van der Waals surface area contributed by atoms with Gasteiger partial charge in [-0.05, 0) is 30.3 Å². The van der Waals surface area contributed by atoms with Crippen LogP contribution in [-0.4, -0.2) is 128 Å². The largest absolute Gasteiger partial charge is 0.495 e. The number of nitrogens with one attached hydrogen (secondary N) is 2. The first-order valence-electron chi connectivity index (χ1n) is 15.7. The van der Waals surface area contributed by atoms with E-state index in [1.54, 1.807) is 9.80 Å². The SMILES string of the molecule is COc1ccc(-n2cc(-c3cnc(C(=O)Nc4ccc(C(=O)N5CCN(C(=O)C[N+]6(C)CC[C@@H](O)C6)CC5)c(Cl)c4)[nH]3)c(C(F)(F)F)n2)nc1.